The van der Waals surface area contributed by atoms with Crippen LogP contribution in [-0.2, 0) is 6.54 Å². The van der Waals surface area contributed by atoms with Gasteiger partial charge in [0.1, 0.15) is 0 Å². The number of rotatable bonds is 4. The third-order valence-corrected chi connectivity index (χ3v) is 4.57. The highest BCUT2D eigenvalue weighted by Crippen LogP contribution is 2.39. The molecule has 18 heavy (non-hydrogen) atoms. The van der Waals surface area contributed by atoms with Crippen molar-refractivity contribution in [1.29, 1.82) is 0 Å². The van der Waals surface area contributed by atoms with E-state index in [1.807, 2.05) is 16.9 Å². The topological polar surface area (TPSA) is 38.0 Å². The molecule has 1 N–H and O–H groups in total. The summed E-state index contributed by atoms with van der Waals surface area (Å²) >= 11 is 0. The van der Waals surface area contributed by atoms with Crippen molar-refractivity contribution in [3.8, 4) is 0 Å². The van der Waals surface area contributed by atoms with Gasteiger partial charge in [0.05, 0.1) is 11.8 Å². The van der Waals surface area contributed by atoms with E-state index in [9.17, 15) is 5.11 Å². The second-order valence-corrected chi connectivity index (χ2v) is 5.95. The molecule has 0 saturated heterocycles. The summed E-state index contributed by atoms with van der Waals surface area (Å²) < 4.78 is 1.97. The Labute approximate surface area is 110 Å². The van der Waals surface area contributed by atoms with Crippen LogP contribution in [-0.4, -0.2) is 14.9 Å². The van der Waals surface area contributed by atoms with E-state index in [0.717, 1.165) is 43.3 Å². The molecule has 0 radical (unpaired) electrons. The maximum atomic E-state index is 10.6. The minimum atomic E-state index is -0.339. The van der Waals surface area contributed by atoms with E-state index in [4.69, 9.17) is 0 Å². The fourth-order valence-electron chi connectivity index (χ4n) is 3.11. The number of aromatic nitrogens is 2. The van der Waals surface area contributed by atoms with Gasteiger partial charge in [0.2, 0.25) is 0 Å². The molecule has 1 aromatic rings. The molecule has 2 rings (SSSR count). The number of hydrogen-bond acceptors (Lipinski definition) is 2. The van der Waals surface area contributed by atoms with Crippen LogP contribution in [0.4, 0.5) is 0 Å². The molecule has 1 aliphatic rings. The molecule has 1 heterocycles. The number of nitrogens with zero attached hydrogens (tertiary/aromatic N) is 2. The zero-order chi connectivity index (χ0) is 13.1. The molecule has 1 aliphatic carbocycles. The van der Waals surface area contributed by atoms with Crippen LogP contribution in [0.5, 0.6) is 0 Å². The highest BCUT2D eigenvalue weighted by molar-refractivity contribution is 5.06. The quantitative estimate of drug-likeness (QED) is 0.889. The summed E-state index contributed by atoms with van der Waals surface area (Å²) in [6, 6.07) is 1.98. The van der Waals surface area contributed by atoms with E-state index in [2.05, 4.69) is 25.9 Å². The SMILES string of the molecule is CCCn1nccc1C(O)C1CCC(C)C(C)C1. The Morgan fingerprint density at radius 2 is 2.17 bits per heavy atom. The zero-order valence-corrected chi connectivity index (χ0v) is 11.8. The molecule has 1 saturated carbocycles. The van der Waals surface area contributed by atoms with Crippen molar-refractivity contribution in [2.75, 3.05) is 0 Å². The molecule has 3 nitrogen and oxygen atoms in total. The molecule has 0 spiro atoms. The van der Waals surface area contributed by atoms with E-state index in [-0.39, 0.29) is 6.10 Å². The second kappa shape index (κ2) is 5.87. The van der Waals surface area contributed by atoms with E-state index in [1.54, 1.807) is 0 Å². The van der Waals surface area contributed by atoms with Crippen LogP contribution in [0.2, 0.25) is 0 Å². The summed E-state index contributed by atoms with van der Waals surface area (Å²) in [5.41, 5.74) is 1.00. The van der Waals surface area contributed by atoms with Crippen molar-refractivity contribution in [2.45, 2.75) is 59.1 Å². The van der Waals surface area contributed by atoms with Gasteiger partial charge in [-0.25, -0.2) is 0 Å². The number of hydrogen-bond donors (Lipinski definition) is 1. The molecule has 0 aliphatic heterocycles. The van der Waals surface area contributed by atoms with Gasteiger partial charge in [-0.3, -0.25) is 4.68 Å². The summed E-state index contributed by atoms with van der Waals surface area (Å²) in [5, 5.41) is 14.9. The molecule has 4 unspecified atom stereocenters. The maximum absolute atomic E-state index is 10.6. The molecule has 102 valence electrons. The van der Waals surface area contributed by atoms with Gasteiger partial charge in [-0.2, -0.15) is 5.10 Å². The average molecular weight is 250 g/mol. The minimum Gasteiger partial charge on any atom is -0.387 e. The van der Waals surface area contributed by atoms with Crippen LogP contribution >= 0.6 is 0 Å². The Balaban J connectivity index is 2.06. The van der Waals surface area contributed by atoms with Gasteiger partial charge in [0, 0.05) is 12.7 Å². The van der Waals surface area contributed by atoms with Crippen molar-refractivity contribution in [2.24, 2.45) is 17.8 Å². The van der Waals surface area contributed by atoms with Gasteiger partial charge < -0.3 is 5.11 Å². The van der Waals surface area contributed by atoms with Crippen LogP contribution < -0.4 is 0 Å². The van der Waals surface area contributed by atoms with Gasteiger partial charge >= 0.3 is 0 Å². The molecule has 0 bridgehead atoms. The van der Waals surface area contributed by atoms with E-state index in [0.29, 0.717) is 5.92 Å². The first kappa shape index (κ1) is 13.6. The standard InChI is InChI=1S/C15H26N2O/c1-4-9-17-14(7-8-16-17)15(18)13-6-5-11(2)12(3)10-13/h7-8,11-13,15,18H,4-6,9-10H2,1-3H3. The number of aryl methyl sites for hydroxylation is 1. The Bertz CT molecular complexity index is 374. The fourth-order valence-corrected chi connectivity index (χ4v) is 3.11. The molecular weight excluding hydrogens is 224 g/mol. The third kappa shape index (κ3) is 2.77. The van der Waals surface area contributed by atoms with Crippen LogP contribution in [0.25, 0.3) is 0 Å². The number of aliphatic hydroxyl groups excluding tert-OH is 1. The third-order valence-electron chi connectivity index (χ3n) is 4.57. The van der Waals surface area contributed by atoms with Crippen molar-refractivity contribution in [3.63, 3.8) is 0 Å². The maximum Gasteiger partial charge on any atom is 0.0984 e. The van der Waals surface area contributed by atoms with Gasteiger partial charge in [-0.1, -0.05) is 27.2 Å². The Morgan fingerprint density at radius 1 is 1.39 bits per heavy atom. The minimum absolute atomic E-state index is 0.339. The monoisotopic (exact) mass is 250 g/mol. The molecule has 1 fully saturated rings. The van der Waals surface area contributed by atoms with Crippen molar-refractivity contribution in [1.82, 2.24) is 9.78 Å². The first-order chi connectivity index (χ1) is 8.63. The lowest BCUT2D eigenvalue weighted by atomic mass is 9.73. The summed E-state index contributed by atoms with van der Waals surface area (Å²) in [6.07, 6.45) is 6.05. The molecule has 4 atom stereocenters. The van der Waals surface area contributed by atoms with Crippen LogP contribution in [0, 0.1) is 17.8 Å². The second-order valence-electron chi connectivity index (χ2n) is 5.95. The Morgan fingerprint density at radius 3 is 2.83 bits per heavy atom. The molecular formula is C15H26N2O. The summed E-state index contributed by atoms with van der Waals surface area (Å²) in [6.45, 7) is 7.68. The van der Waals surface area contributed by atoms with E-state index >= 15 is 0 Å². The lowest BCUT2D eigenvalue weighted by molar-refractivity contribution is 0.0497. The van der Waals surface area contributed by atoms with Gasteiger partial charge in [-0.15, -0.1) is 0 Å². The summed E-state index contributed by atoms with van der Waals surface area (Å²) in [4.78, 5) is 0. The zero-order valence-electron chi connectivity index (χ0n) is 11.8. The van der Waals surface area contributed by atoms with Gasteiger partial charge in [-0.05, 0) is 43.1 Å². The van der Waals surface area contributed by atoms with Gasteiger partial charge in [0.25, 0.3) is 0 Å². The fraction of sp³-hybridized carbons (Fsp3) is 0.800. The van der Waals surface area contributed by atoms with E-state index in [1.165, 1.54) is 6.42 Å². The lowest BCUT2D eigenvalue weighted by Crippen LogP contribution is -2.26. The van der Waals surface area contributed by atoms with E-state index < -0.39 is 0 Å². The van der Waals surface area contributed by atoms with Gasteiger partial charge in [0.15, 0.2) is 0 Å². The largest absolute Gasteiger partial charge is 0.387 e. The normalized spacial score (nSPS) is 30.3. The smallest absolute Gasteiger partial charge is 0.0984 e. The Kier molecular flexibility index (Phi) is 4.44. The molecule has 3 heteroatoms. The predicted octanol–water partition coefficient (Wildman–Crippen LogP) is 3.40. The van der Waals surface area contributed by atoms with Crippen LogP contribution in [0.3, 0.4) is 0 Å². The first-order valence-corrected chi connectivity index (χ1v) is 7.33. The lowest BCUT2D eigenvalue weighted by Gasteiger charge is -2.34. The predicted molar refractivity (Wildman–Crippen MR) is 73.1 cm³/mol. The van der Waals surface area contributed by atoms with Crippen LogP contribution in [0.15, 0.2) is 12.3 Å². The van der Waals surface area contributed by atoms with Crippen LogP contribution in [0.1, 0.15) is 58.3 Å². The molecule has 0 amide bonds. The molecule has 1 aromatic heterocycles. The Hall–Kier alpha value is -0.830. The highest BCUT2D eigenvalue weighted by atomic mass is 16.3. The molecule has 0 aromatic carbocycles. The van der Waals surface area contributed by atoms with Crippen molar-refractivity contribution >= 4 is 0 Å². The van der Waals surface area contributed by atoms with Crippen molar-refractivity contribution < 1.29 is 5.11 Å². The average Bonchev–Trinajstić information content (AvgIpc) is 2.80. The van der Waals surface area contributed by atoms with Crippen molar-refractivity contribution in [3.05, 3.63) is 18.0 Å². The summed E-state index contributed by atoms with van der Waals surface area (Å²) in [5.74, 6) is 1.93. The number of aliphatic hydroxyl groups is 1. The summed E-state index contributed by atoms with van der Waals surface area (Å²) in [7, 11) is 0. The first-order valence-electron chi connectivity index (χ1n) is 7.33. The highest BCUT2D eigenvalue weighted by Gasteiger charge is 2.31.